The Bertz CT molecular complexity index is 1040. The molecule has 2 aromatic carbocycles. The summed E-state index contributed by atoms with van der Waals surface area (Å²) in [6, 6.07) is 24.9. The number of nitrogens with zero attached hydrogens (tertiary/aromatic N) is 2. The molecular weight excluding hydrogens is 487 g/mol. The average Bonchev–Trinajstić information content (AvgIpc) is 2.85. The predicted molar refractivity (Wildman–Crippen MR) is 147 cm³/mol. The Morgan fingerprint density at radius 2 is 1.39 bits per heavy atom. The third-order valence-electron chi connectivity index (χ3n) is 5.83. The van der Waals surface area contributed by atoms with Gasteiger partial charge in [0.2, 0.25) is 0 Å². The first kappa shape index (κ1) is 29.7. The highest BCUT2D eigenvalue weighted by atomic mass is 31.2. The molecule has 0 saturated carbocycles. The fraction of sp³-hybridized carbons (Fsp3) is 0.429. The summed E-state index contributed by atoms with van der Waals surface area (Å²) in [7, 11) is -6.03. The standard InChI is InChI=1S/C28H37N2O4PSi/c1-25(14-11-23-35(31,32-21-12-19-29)33-22-13-20-30)24-34-36(28(2,3)4,26-15-7-5-8-16-26)27-17-9-6-10-18-27/h5-10,14-18H,11-13,21-24H2,1-4H3/b25-14+. The van der Waals surface area contributed by atoms with E-state index < -0.39 is 15.9 Å². The normalized spacial score (nSPS) is 12.7. The minimum atomic E-state index is -3.39. The first-order valence-electron chi connectivity index (χ1n) is 12.2. The van der Waals surface area contributed by atoms with Gasteiger partial charge in [-0.2, -0.15) is 10.5 Å². The second-order valence-corrected chi connectivity index (χ2v) is 16.1. The molecule has 0 fully saturated rings. The molecule has 2 aromatic rings. The fourth-order valence-electron chi connectivity index (χ4n) is 4.14. The van der Waals surface area contributed by atoms with E-state index in [1.54, 1.807) is 0 Å². The van der Waals surface area contributed by atoms with E-state index in [1.807, 2.05) is 37.3 Å². The Morgan fingerprint density at radius 1 is 0.917 bits per heavy atom. The summed E-state index contributed by atoms with van der Waals surface area (Å²) in [6.07, 6.45) is 2.93. The number of hydrogen-bond donors (Lipinski definition) is 0. The molecule has 0 radical (unpaired) electrons. The van der Waals surface area contributed by atoms with E-state index in [-0.39, 0.29) is 37.3 Å². The predicted octanol–water partition coefficient (Wildman–Crippen LogP) is 5.95. The zero-order valence-electron chi connectivity index (χ0n) is 21.8. The van der Waals surface area contributed by atoms with Gasteiger partial charge in [0.1, 0.15) is 0 Å². The van der Waals surface area contributed by atoms with Gasteiger partial charge in [0.05, 0.1) is 51.0 Å². The van der Waals surface area contributed by atoms with Crippen molar-refractivity contribution in [1.29, 1.82) is 10.5 Å². The van der Waals surface area contributed by atoms with E-state index in [4.69, 9.17) is 24.0 Å². The van der Waals surface area contributed by atoms with Gasteiger partial charge in [-0.3, -0.25) is 4.57 Å². The molecular formula is C28H37N2O4PSi. The van der Waals surface area contributed by atoms with E-state index in [1.165, 1.54) is 10.4 Å². The molecule has 0 saturated heterocycles. The third kappa shape index (κ3) is 8.27. The first-order valence-corrected chi connectivity index (χ1v) is 15.8. The van der Waals surface area contributed by atoms with E-state index >= 15 is 0 Å². The van der Waals surface area contributed by atoms with E-state index in [0.29, 0.717) is 13.0 Å². The van der Waals surface area contributed by atoms with Gasteiger partial charge in [-0.25, -0.2) is 0 Å². The fourth-order valence-corrected chi connectivity index (χ4v) is 10.3. The maximum absolute atomic E-state index is 13.0. The van der Waals surface area contributed by atoms with Crippen LogP contribution in [0.3, 0.4) is 0 Å². The lowest BCUT2D eigenvalue weighted by molar-refractivity contribution is 0.211. The Labute approximate surface area is 217 Å². The van der Waals surface area contributed by atoms with Gasteiger partial charge in [-0.05, 0) is 28.8 Å². The molecule has 0 atom stereocenters. The van der Waals surface area contributed by atoms with Gasteiger partial charge in [0, 0.05) is 0 Å². The van der Waals surface area contributed by atoms with Gasteiger partial charge in [0.15, 0.2) is 0 Å². The molecule has 0 spiro atoms. The second kappa shape index (κ2) is 14.3. The molecule has 0 amide bonds. The Morgan fingerprint density at radius 3 is 1.81 bits per heavy atom. The Balaban J connectivity index is 2.21. The molecule has 8 heteroatoms. The van der Waals surface area contributed by atoms with Crippen molar-refractivity contribution < 1.29 is 18.0 Å². The van der Waals surface area contributed by atoms with Gasteiger partial charge < -0.3 is 13.5 Å². The SMILES string of the molecule is C/C(=C\CCP(=O)(OCCC#N)OCCC#N)CO[Si](c1ccccc1)(c1ccccc1)C(C)(C)C. The third-order valence-corrected chi connectivity index (χ3v) is 12.8. The summed E-state index contributed by atoms with van der Waals surface area (Å²) < 4.78 is 30.8. The van der Waals surface area contributed by atoms with Gasteiger partial charge in [-0.1, -0.05) is 93.1 Å². The lowest BCUT2D eigenvalue weighted by Gasteiger charge is -2.43. The van der Waals surface area contributed by atoms with Crippen molar-refractivity contribution in [1.82, 2.24) is 0 Å². The summed E-state index contributed by atoms with van der Waals surface area (Å²) in [5.41, 5.74) is 1.03. The van der Waals surface area contributed by atoms with Gasteiger partial charge in [0.25, 0.3) is 8.32 Å². The number of nitriles is 2. The molecule has 0 aromatic heterocycles. The van der Waals surface area contributed by atoms with Crippen molar-refractivity contribution in [2.75, 3.05) is 26.0 Å². The molecule has 2 rings (SSSR count). The van der Waals surface area contributed by atoms with Crippen LogP contribution in [-0.2, 0) is 18.0 Å². The zero-order chi connectivity index (χ0) is 26.5. The Hall–Kier alpha value is -2.51. The van der Waals surface area contributed by atoms with Crippen LogP contribution >= 0.6 is 7.60 Å². The van der Waals surface area contributed by atoms with Crippen LogP contribution in [0.15, 0.2) is 72.3 Å². The monoisotopic (exact) mass is 524 g/mol. The summed E-state index contributed by atoms with van der Waals surface area (Å²) in [4.78, 5) is 0. The van der Waals surface area contributed by atoms with Crippen LogP contribution in [0.2, 0.25) is 5.04 Å². The highest BCUT2D eigenvalue weighted by Crippen LogP contribution is 2.49. The average molecular weight is 525 g/mol. The molecule has 36 heavy (non-hydrogen) atoms. The molecule has 192 valence electrons. The first-order chi connectivity index (χ1) is 17.2. The zero-order valence-corrected chi connectivity index (χ0v) is 23.7. The second-order valence-electron chi connectivity index (χ2n) is 9.61. The number of hydrogen-bond acceptors (Lipinski definition) is 6. The van der Waals surface area contributed by atoms with Crippen molar-refractivity contribution in [2.24, 2.45) is 0 Å². The lowest BCUT2D eigenvalue weighted by atomic mass is 10.2. The summed E-state index contributed by atoms with van der Waals surface area (Å²) in [5.74, 6) is 0. The molecule has 0 unspecified atom stereocenters. The summed E-state index contributed by atoms with van der Waals surface area (Å²) in [5, 5.41) is 19.8. The van der Waals surface area contributed by atoms with Crippen LogP contribution in [0.4, 0.5) is 0 Å². The van der Waals surface area contributed by atoms with Crippen LogP contribution < -0.4 is 10.4 Å². The number of rotatable bonds is 14. The number of benzene rings is 2. The molecule has 0 bridgehead atoms. The highest BCUT2D eigenvalue weighted by molar-refractivity contribution is 7.53. The number of allylic oxidation sites excluding steroid dienone is 1. The molecule has 0 aliphatic heterocycles. The van der Waals surface area contributed by atoms with Crippen LogP contribution in [-0.4, -0.2) is 34.3 Å². The van der Waals surface area contributed by atoms with Crippen LogP contribution in [0.25, 0.3) is 0 Å². The van der Waals surface area contributed by atoms with Gasteiger partial charge >= 0.3 is 7.60 Å². The quantitative estimate of drug-likeness (QED) is 0.131. The minimum Gasteiger partial charge on any atom is -0.403 e. The van der Waals surface area contributed by atoms with Crippen molar-refractivity contribution >= 4 is 26.3 Å². The maximum Gasteiger partial charge on any atom is 0.331 e. The Kier molecular flexibility index (Phi) is 11.8. The van der Waals surface area contributed by atoms with E-state index in [0.717, 1.165) is 5.57 Å². The molecule has 0 heterocycles. The van der Waals surface area contributed by atoms with Crippen molar-refractivity contribution in [3.8, 4) is 12.1 Å². The minimum absolute atomic E-state index is 0.0417. The molecule has 0 N–H and O–H groups in total. The van der Waals surface area contributed by atoms with Crippen LogP contribution in [0.5, 0.6) is 0 Å². The largest absolute Gasteiger partial charge is 0.403 e. The van der Waals surface area contributed by atoms with Crippen molar-refractivity contribution in [3.63, 3.8) is 0 Å². The van der Waals surface area contributed by atoms with E-state index in [9.17, 15) is 4.57 Å². The highest BCUT2D eigenvalue weighted by Gasteiger charge is 2.50. The smallest absolute Gasteiger partial charge is 0.331 e. The summed E-state index contributed by atoms with van der Waals surface area (Å²) >= 11 is 0. The topological polar surface area (TPSA) is 92.3 Å². The maximum atomic E-state index is 13.0. The molecule has 0 aliphatic carbocycles. The lowest BCUT2D eigenvalue weighted by Crippen LogP contribution is -2.66. The summed E-state index contributed by atoms with van der Waals surface area (Å²) in [6.45, 7) is 9.26. The van der Waals surface area contributed by atoms with E-state index in [2.05, 4.69) is 69.3 Å². The molecule has 6 nitrogen and oxygen atoms in total. The molecule has 0 aliphatic rings. The van der Waals surface area contributed by atoms with Gasteiger partial charge in [-0.15, -0.1) is 0 Å². The van der Waals surface area contributed by atoms with Crippen molar-refractivity contribution in [3.05, 3.63) is 72.3 Å². The van der Waals surface area contributed by atoms with Crippen LogP contribution in [0.1, 0.15) is 47.0 Å². The van der Waals surface area contributed by atoms with Crippen LogP contribution in [0, 0.1) is 22.7 Å². The van der Waals surface area contributed by atoms with Crippen molar-refractivity contribution in [2.45, 2.75) is 52.0 Å².